The van der Waals surface area contributed by atoms with Crippen LogP contribution in [0.2, 0.25) is 0 Å². The Labute approximate surface area is 261 Å². The minimum Gasteiger partial charge on any atom is -0.489 e. The number of piperidine rings is 2. The van der Waals surface area contributed by atoms with E-state index in [2.05, 4.69) is 55.7 Å². The number of imide groups is 2. The number of likely N-dealkylation sites (N-methyl/N-ethyl adjacent to an activating group) is 1. The normalized spacial score (nSPS) is 22.2. The van der Waals surface area contributed by atoms with Crippen molar-refractivity contribution in [2.24, 2.45) is 7.05 Å². The third kappa shape index (κ3) is 5.76. The molecule has 3 aliphatic heterocycles. The molecule has 1 aromatic heterocycles. The van der Waals surface area contributed by atoms with E-state index < -0.39 is 29.7 Å². The van der Waals surface area contributed by atoms with Gasteiger partial charge in [-0.05, 0) is 71.1 Å². The van der Waals surface area contributed by atoms with E-state index in [0.717, 1.165) is 30.0 Å². The number of anilines is 1. The first-order chi connectivity index (χ1) is 21.1. The summed E-state index contributed by atoms with van der Waals surface area (Å²) in [4.78, 5) is 65.3. The number of hydrogen-bond acceptors (Lipinski definition) is 9. The van der Waals surface area contributed by atoms with Crippen molar-refractivity contribution >= 4 is 45.2 Å². The highest BCUT2D eigenvalue weighted by Gasteiger charge is 2.44. The molecule has 3 unspecified atom stereocenters. The van der Waals surface area contributed by atoms with Crippen LogP contribution in [-0.2, 0) is 23.2 Å². The Morgan fingerprint density at radius 3 is 2.50 bits per heavy atom. The lowest BCUT2D eigenvalue weighted by Gasteiger charge is -2.37. The van der Waals surface area contributed by atoms with Gasteiger partial charge < -0.3 is 15.0 Å². The van der Waals surface area contributed by atoms with Crippen LogP contribution in [0.1, 0.15) is 57.0 Å². The summed E-state index contributed by atoms with van der Waals surface area (Å²) >= 11 is 3.40. The van der Waals surface area contributed by atoms with Crippen LogP contribution in [0, 0.1) is 0 Å². The zero-order chi connectivity index (χ0) is 31.1. The molecule has 6 rings (SSSR count). The number of halogens is 1. The van der Waals surface area contributed by atoms with Crippen molar-refractivity contribution in [3.05, 3.63) is 85.7 Å². The van der Waals surface area contributed by atoms with E-state index >= 15 is 0 Å². The van der Waals surface area contributed by atoms with Crippen molar-refractivity contribution in [2.45, 2.75) is 43.9 Å². The van der Waals surface area contributed by atoms with E-state index in [9.17, 15) is 24.0 Å². The van der Waals surface area contributed by atoms with E-state index in [1.165, 1.54) is 22.4 Å². The van der Waals surface area contributed by atoms with E-state index in [1.807, 2.05) is 12.1 Å². The number of rotatable bonds is 7. The van der Waals surface area contributed by atoms with E-state index in [-0.39, 0.29) is 48.1 Å². The maximum Gasteiger partial charge on any atom is 0.282 e. The van der Waals surface area contributed by atoms with Crippen LogP contribution in [0.3, 0.4) is 0 Å². The molecule has 3 aromatic rings. The van der Waals surface area contributed by atoms with Gasteiger partial charge in [0, 0.05) is 32.6 Å². The molecule has 2 N–H and O–H groups in total. The van der Waals surface area contributed by atoms with Gasteiger partial charge >= 0.3 is 0 Å². The Balaban J connectivity index is 1.08. The fraction of sp³-hybridized carbons (Fsp3) is 0.355. The van der Waals surface area contributed by atoms with Gasteiger partial charge in [0.15, 0.2) is 0 Å². The van der Waals surface area contributed by atoms with Crippen LogP contribution in [-0.4, -0.2) is 75.4 Å². The minimum atomic E-state index is -1.01. The average molecular weight is 664 g/mol. The zero-order valence-electron chi connectivity index (χ0n) is 24.2. The Morgan fingerprint density at radius 1 is 1.00 bits per heavy atom. The van der Waals surface area contributed by atoms with E-state index in [4.69, 9.17) is 4.74 Å². The second-order valence-electron chi connectivity index (χ2n) is 11.5. The molecule has 0 spiro atoms. The molecule has 44 heavy (non-hydrogen) atoms. The van der Waals surface area contributed by atoms with Gasteiger partial charge in [0.2, 0.25) is 11.8 Å². The topological polar surface area (TPSA) is 143 Å². The molecular formula is C31H31BrN6O6. The third-order valence-corrected chi connectivity index (χ3v) is 9.11. The first kappa shape index (κ1) is 29.7. The van der Waals surface area contributed by atoms with Crippen LogP contribution < -0.4 is 20.9 Å². The molecule has 4 heterocycles. The maximum absolute atomic E-state index is 13.1. The van der Waals surface area contributed by atoms with Crippen molar-refractivity contribution in [3.63, 3.8) is 0 Å². The first-order valence-electron chi connectivity index (χ1n) is 14.3. The largest absolute Gasteiger partial charge is 0.489 e. The van der Waals surface area contributed by atoms with Gasteiger partial charge in [0.1, 0.15) is 22.9 Å². The number of fused-ring (bicyclic) bond motifs is 1. The van der Waals surface area contributed by atoms with Crippen LogP contribution in [0.25, 0.3) is 0 Å². The van der Waals surface area contributed by atoms with Gasteiger partial charge in [0.25, 0.3) is 17.4 Å². The number of benzene rings is 2. The number of hydrogen-bond donors (Lipinski definition) is 2. The molecule has 228 valence electrons. The van der Waals surface area contributed by atoms with Crippen molar-refractivity contribution < 1.29 is 23.9 Å². The smallest absolute Gasteiger partial charge is 0.282 e. The number of carbonyl (C=O) groups excluding carboxylic acids is 4. The number of amides is 4. The van der Waals surface area contributed by atoms with Gasteiger partial charge in [-0.1, -0.05) is 24.3 Å². The lowest BCUT2D eigenvalue weighted by Crippen LogP contribution is -2.54. The maximum atomic E-state index is 13.1. The molecule has 0 saturated carbocycles. The Bertz CT molecular complexity index is 1720. The van der Waals surface area contributed by atoms with Crippen molar-refractivity contribution in [1.29, 1.82) is 0 Å². The number of likely N-dealkylation sites (tertiary alicyclic amines) is 1. The van der Waals surface area contributed by atoms with Gasteiger partial charge in [0.05, 0.1) is 23.0 Å². The van der Waals surface area contributed by atoms with E-state index in [1.54, 1.807) is 19.3 Å². The number of aromatic nitrogens is 2. The van der Waals surface area contributed by atoms with Crippen LogP contribution >= 0.6 is 15.9 Å². The molecule has 3 aliphatic rings. The van der Waals surface area contributed by atoms with Gasteiger partial charge in [-0.15, -0.1) is 0 Å². The number of aryl methyl sites for hydroxylation is 1. The second kappa shape index (κ2) is 12.0. The Hall–Kier alpha value is -4.36. The highest BCUT2D eigenvalue weighted by Crippen LogP contribution is 2.32. The second-order valence-corrected chi connectivity index (χ2v) is 12.3. The van der Waals surface area contributed by atoms with Crippen molar-refractivity contribution in [2.75, 3.05) is 25.5 Å². The van der Waals surface area contributed by atoms with Crippen molar-refractivity contribution in [3.8, 4) is 5.75 Å². The van der Waals surface area contributed by atoms with Crippen LogP contribution in [0.4, 0.5) is 5.69 Å². The predicted molar refractivity (Wildman–Crippen MR) is 163 cm³/mol. The number of carbonyl (C=O) groups is 4. The Kier molecular flexibility index (Phi) is 8.08. The summed E-state index contributed by atoms with van der Waals surface area (Å²) in [6, 6.07) is 12.0. The molecule has 13 heteroatoms. The highest BCUT2D eigenvalue weighted by molar-refractivity contribution is 9.10. The fourth-order valence-corrected chi connectivity index (χ4v) is 6.56. The average Bonchev–Trinajstić information content (AvgIpc) is 3.25. The molecule has 12 nitrogen and oxygen atoms in total. The third-order valence-electron chi connectivity index (χ3n) is 8.34. The quantitative estimate of drug-likeness (QED) is 0.365. The zero-order valence-corrected chi connectivity index (χ0v) is 25.8. The summed E-state index contributed by atoms with van der Waals surface area (Å²) in [5.74, 6) is -1.47. The highest BCUT2D eigenvalue weighted by atomic mass is 79.9. The summed E-state index contributed by atoms with van der Waals surface area (Å²) in [5.41, 5.74) is 3.01. The minimum absolute atomic E-state index is 0.0671. The van der Waals surface area contributed by atoms with Gasteiger partial charge in [-0.25, -0.2) is 4.68 Å². The standard InChI is InChI=1S/C31H31BrN6O6/c1-36-14-19(11-20(15-36)34-24-13-33-37(2)31(43)27(24)32)18-5-3-17(4-6-18)16-44-21-7-8-22-23(12-21)30(42)38(29(22)41)25-9-10-26(39)35-28(25)40/h3-8,12-13,19-20,25,34H,9-11,14-16H2,1-2H3,(H,35,39,40). The van der Waals surface area contributed by atoms with Crippen LogP contribution in [0.5, 0.6) is 5.75 Å². The molecule has 4 amide bonds. The summed E-state index contributed by atoms with van der Waals surface area (Å²) in [6.07, 6.45) is 2.72. The monoisotopic (exact) mass is 662 g/mol. The summed E-state index contributed by atoms with van der Waals surface area (Å²) in [5, 5.41) is 9.81. The van der Waals surface area contributed by atoms with E-state index in [0.29, 0.717) is 15.9 Å². The summed E-state index contributed by atoms with van der Waals surface area (Å²) in [7, 11) is 3.70. The molecule has 2 fully saturated rings. The Morgan fingerprint density at radius 2 is 1.75 bits per heavy atom. The molecular weight excluding hydrogens is 632 g/mol. The number of ether oxygens (including phenoxy) is 1. The molecule has 2 saturated heterocycles. The lowest BCUT2D eigenvalue weighted by atomic mass is 9.88. The molecule has 0 radical (unpaired) electrons. The summed E-state index contributed by atoms with van der Waals surface area (Å²) < 4.78 is 7.73. The van der Waals surface area contributed by atoms with Gasteiger partial charge in [-0.2, -0.15) is 5.10 Å². The van der Waals surface area contributed by atoms with Gasteiger partial charge in [-0.3, -0.25) is 34.2 Å². The molecule has 2 aromatic carbocycles. The number of nitrogens with one attached hydrogen (secondary N) is 2. The SMILES string of the molecule is CN1CC(Nc2cnn(C)c(=O)c2Br)CC(c2ccc(COc3ccc4c(c3)C(=O)N(C3CCC(=O)NC3=O)C4=O)cc2)C1. The summed E-state index contributed by atoms with van der Waals surface area (Å²) in [6.45, 7) is 2.00. The molecule has 0 aliphatic carbocycles. The molecule has 3 atom stereocenters. The fourth-order valence-electron chi connectivity index (χ4n) is 6.09. The lowest BCUT2D eigenvalue weighted by molar-refractivity contribution is -0.136. The van der Waals surface area contributed by atoms with Crippen LogP contribution in [0.15, 0.2) is 57.9 Å². The molecule has 0 bridgehead atoms. The predicted octanol–water partition coefficient (Wildman–Crippen LogP) is 2.42. The van der Waals surface area contributed by atoms with Crippen molar-refractivity contribution in [1.82, 2.24) is 24.9 Å². The first-order valence-corrected chi connectivity index (χ1v) is 15.1. The number of nitrogens with zero attached hydrogens (tertiary/aromatic N) is 4.